The molecule has 0 saturated carbocycles. The van der Waals surface area contributed by atoms with Crippen LogP contribution in [-0.2, 0) is 0 Å². The molecule has 1 aliphatic rings. The summed E-state index contributed by atoms with van der Waals surface area (Å²) in [7, 11) is 0. The van der Waals surface area contributed by atoms with Crippen LogP contribution < -0.4 is 4.90 Å². The third-order valence-corrected chi connectivity index (χ3v) is 3.31. The second-order valence-corrected chi connectivity index (χ2v) is 4.48. The number of ketones is 1. The zero-order chi connectivity index (χ0) is 11.8. The third-order valence-electron chi connectivity index (χ3n) is 3.31. The standard InChI is InChI=1S/C13H15N3O/c1-10(17)13-11-5-4-6-12(16(11)9-14-13)15-7-2-3-8-15/h4-6,9H,2-3,7-8H2,1H3. The van der Waals surface area contributed by atoms with Gasteiger partial charge in [-0.1, -0.05) is 6.07 Å². The Kier molecular flexibility index (Phi) is 2.35. The second kappa shape index (κ2) is 3.87. The Morgan fingerprint density at radius 1 is 1.29 bits per heavy atom. The van der Waals surface area contributed by atoms with Gasteiger partial charge in [0.1, 0.15) is 17.8 Å². The first-order valence-electron chi connectivity index (χ1n) is 5.99. The summed E-state index contributed by atoms with van der Waals surface area (Å²) < 4.78 is 2.02. The van der Waals surface area contributed by atoms with Crippen LogP contribution in [0, 0.1) is 0 Å². The molecule has 2 aromatic heterocycles. The fraction of sp³-hybridized carbons (Fsp3) is 0.385. The van der Waals surface area contributed by atoms with Gasteiger partial charge in [-0.25, -0.2) is 4.98 Å². The van der Waals surface area contributed by atoms with E-state index in [-0.39, 0.29) is 5.78 Å². The van der Waals surface area contributed by atoms with Gasteiger partial charge >= 0.3 is 0 Å². The minimum absolute atomic E-state index is 0.0195. The summed E-state index contributed by atoms with van der Waals surface area (Å²) >= 11 is 0. The summed E-state index contributed by atoms with van der Waals surface area (Å²) in [6.07, 6.45) is 4.23. The molecule has 1 aliphatic heterocycles. The molecule has 0 bridgehead atoms. The average Bonchev–Trinajstić information content (AvgIpc) is 2.97. The molecule has 0 N–H and O–H groups in total. The van der Waals surface area contributed by atoms with Crippen molar-refractivity contribution in [3.05, 3.63) is 30.2 Å². The summed E-state index contributed by atoms with van der Waals surface area (Å²) in [4.78, 5) is 18.0. The molecule has 4 heteroatoms. The summed E-state index contributed by atoms with van der Waals surface area (Å²) in [5.74, 6) is 1.16. The van der Waals surface area contributed by atoms with E-state index in [2.05, 4.69) is 16.0 Å². The van der Waals surface area contributed by atoms with Gasteiger partial charge < -0.3 is 4.90 Å². The zero-order valence-electron chi connectivity index (χ0n) is 9.89. The fourth-order valence-electron chi connectivity index (χ4n) is 2.48. The number of pyridine rings is 1. The van der Waals surface area contributed by atoms with E-state index in [4.69, 9.17) is 0 Å². The molecule has 0 aliphatic carbocycles. The van der Waals surface area contributed by atoms with Gasteiger partial charge in [-0.2, -0.15) is 0 Å². The number of Topliss-reactive ketones (excluding diaryl/α,β-unsaturated/α-hetero) is 1. The molecule has 0 unspecified atom stereocenters. The Balaban J connectivity index is 2.16. The number of carbonyl (C=O) groups is 1. The van der Waals surface area contributed by atoms with Gasteiger partial charge in [0, 0.05) is 20.0 Å². The van der Waals surface area contributed by atoms with Gasteiger partial charge in [-0.15, -0.1) is 0 Å². The highest BCUT2D eigenvalue weighted by atomic mass is 16.1. The molecular formula is C13H15N3O. The molecule has 0 amide bonds. The van der Waals surface area contributed by atoms with Crippen LogP contribution in [0.2, 0.25) is 0 Å². The van der Waals surface area contributed by atoms with E-state index in [1.165, 1.54) is 12.8 Å². The Morgan fingerprint density at radius 2 is 2.06 bits per heavy atom. The number of carbonyl (C=O) groups excluding carboxylic acids is 1. The first-order chi connectivity index (χ1) is 8.27. The maximum absolute atomic E-state index is 11.5. The number of anilines is 1. The molecule has 17 heavy (non-hydrogen) atoms. The lowest BCUT2D eigenvalue weighted by atomic mass is 10.2. The van der Waals surface area contributed by atoms with E-state index in [1.807, 2.05) is 16.5 Å². The van der Waals surface area contributed by atoms with Crippen LogP contribution in [0.15, 0.2) is 24.5 Å². The molecule has 0 atom stereocenters. The van der Waals surface area contributed by atoms with E-state index in [9.17, 15) is 4.79 Å². The highest BCUT2D eigenvalue weighted by Gasteiger charge is 2.17. The molecule has 88 valence electrons. The smallest absolute Gasteiger partial charge is 0.180 e. The predicted molar refractivity (Wildman–Crippen MR) is 66.6 cm³/mol. The number of hydrogen-bond donors (Lipinski definition) is 0. The summed E-state index contributed by atoms with van der Waals surface area (Å²) in [6, 6.07) is 6.03. The maximum Gasteiger partial charge on any atom is 0.180 e. The van der Waals surface area contributed by atoms with E-state index < -0.39 is 0 Å². The van der Waals surface area contributed by atoms with Gasteiger partial charge in [0.2, 0.25) is 0 Å². The molecule has 0 spiro atoms. The predicted octanol–water partition coefficient (Wildman–Crippen LogP) is 2.14. The zero-order valence-corrected chi connectivity index (χ0v) is 9.89. The van der Waals surface area contributed by atoms with Gasteiger partial charge in [0.25, 0.3) is 0 Å². The molecule has 2 aromatic rings. The Bertz CT molecular complexity index is 567. The SMILES string of the molecule is CC(=O)c1ncn2c(N3CCCC3)cccc12. The summed E-state index contributed by atoms with van der Waals surface area (Å²) in [5.41, 5.74) is 1.47. The largest absolute Gasteiger partial charge is 0.358 e. The van der Waals surface area contributed by atoms with Crippen molar-refractivity contribution < 1.29 is 4.79 Å². The first kappa shape index (κ1) is 10.3. The highest BCUT2D eigenvalue weighted by molar-refractivity contribution is 5.99. The molecular weight excluding hydrogens is 214 g/mol. The third kappa shape index (κ3) is 1.60. The van der Waals surface area contributed by atoms with Crippen molar-refractivity contribution in [1.82, 2.24) is 9.38 Å². The highest BCUT2D eigenvalue weighted by Crippen LogP contribution is 2.23. The van der Waals surface area contributed by atoms with Crippen LogP contribution in [0.4, 0.5) is 5.82 Å². The number of aromatic nitrogens is 2. The van der Waals surface area contributed by atoms with E-state index in [1.54, 1.807) is 13.3 Å². The van der Waals surface area contributed by atoms with Crippen molar-refractivity contribution >= 4 is 17.1 Å². The van der Waals surface area contributed by atoms with Crippen molar-refractivity contribution in [3.8, 4) is 0 Å². The molecule has 1 fully saturated rings. The van der Waals surface area contributed by atoms with Gasteiger partial charge in [-0.3, -0.25) is 9.20 Å². The molecule has 1 saturated heterocycles. The molecule has 3 rings (SSSR count). The second-order valence-electron chi connectivity index (χ2n) is 4.48. The lowest BCUT2D eigenvalue weighted by molar-refractivity contribution is 0.101. The van der Waals surface area contributed by atoms with Crippen LogP contribution in [0.5, 0.6) is 0 Å². The minimum atomic E-state index is 0.0195. The van der Waals surface area contributed by atoms with Crippen molar-refractivity contribution in [3.63, 3.8) is 0 Å². The monoisotopic (exact) mass is 229 g/mol. The maximum atomic E-state index is 11.5. The minimum Gasteiger partial charge on any atom is -0.358 e. The quantitative estimate of drug-likeness (QED) is 0.740. The van der Waals surface area contributed by atoms with Gasteiger partial charge in [0.05, 0.1) is 5.52 Å². The number of nitrogens with zero attached hydrogens (tertiary/aromatic N) is 3. The number of fused-ring (bicyclic) bond motifs is 1. The van der Waals surface area contributed by atoms with Crippen molar-refractivity contribution in [2.45, 2.75) is 19.8 Å². The van der Waals surface area contributed by atoms with E-state index in [0.29, 0.717) is 5.69 Å². The van der Waals surface area contributed by atoms with Crippen molar-refractivity contribution in [1.29, 1.82) is 0 Å². The molecule has 0 aromatic carbocycles. The van der Waals surface area contributed by atoms with Crippen molar-refractivity contribution in [2.24, 2.45) is 0 Å². The lowest BCUT2D eigenvalue weighted by Gasteiger charge is -2.18. The van der Waals surface area contributed by atoms with Crippen LogP contribution in [0.25, 0.3) is 5.52 Å². The molecule has 4 nitrogen and oxygen atoms in total. The average molecular weight is 229 g/mol. The number of imidazole rings is 1. The Labute approximate surface area is 99.9 Å². The lowest BCUT2D eigenvalue weighted by Crippen LogP contribution is -2.20. The first-order valence-corrected chi connectivity index (χ1v) is 5.99. The van der Waals surface area contributed by atoms with Crippen molar-refractivity contribution in [2.75, 3.05) is 18.0 Å². The summed E-state index contributed by atoms with van der Waals surface area (Å²) in [6.45, 7) is 3.74. The van der Waals surface area contributed by atoms with Gasteiger partial charge in [-0.05, 0) is 25.0 Å². The van der Waals surface area contributed by atoms with Crippen LogP contribution in [0.3, 0.4) is 0 Å². The Hall–Kier alpha value is -1.84. The van der Waals surface area contributed by atoms with Crippen LogP contribution in [0.1, 0.15) is 30.3 Å². The Morgan fingerprint density at radius 3 is 2.76 bits per heavy atom. The molecule has 0 radical (unpaired) electrons. The van der Waals surface area contributed by atoms with Crippen LogP contribution in [-0.4, -0.2) is 28.3 Å². The molecule has 3 heterocycles. The van der Waals surface area contributed by atoms with E-state index >= 15 is 0 Å². The van der Waals surface area contributed by atoms with Gasteiger partial charge in [0.15, 0.2) is 5.78 Å². The van der Waals surface area contributed by atoms with Crippen LogP contribution >= 0.6 is 0 Å². The normalized spacial score (nSPS) is 15.7. The number of hydrogen-bond acceptors (Lipinski definition) is 3. The van der Waals surface area contributed by atoms with E-state index in [0.717, 1.165) is 24.4 Å². The topological polar surface area (TPSA) is 37.6 Å². The fourth-order valence-corrected chi connectivity index (χ4v) is 2.48. The summed E-state index contributed by atoms with van der Waals surface area (Å²) in [5, 5.41) is 0. The number of rotatable bonds is 2.